The van der Waals surface area contributed by atoms with Crippen molar-refractivity contribution in [2.45, 2.75) is 101 Å². The molecule has 2 aliphatic heterocycles. The summed E-state index contributed by atoms with van der Waals surface area (Å²) >= 11 is 12.6. The van der Waals surface area contributed by atoms with Gasteiger partial charge in [0.15, 0.2) is 0 Å². The van der Waals surface area contributed by atoms with Crippen LogP contribution in [0.4, 0.5) is 10.1 Å². The Morgan fingerprint density at radius 1 is 1.23 bits per heavy atom. The van der Waals surface area contributed by atoms with Crippen molar-refractivity contribution < 1.29 is 23.5 Å². The largest absolute Gasteiger partial charge is 0.458 e. The first kappa shape index (κ1) is 31.7. The molecule has 7 unspecified atom stereocenters. The standard InChI is InChI=1S/C32H39Cl2FN4O4/c1-16(36)28(41)43-31(5)12-11-18(14-31)37-27(40)26-24(19-7-6-8-21(34)25(19)35)32(23(39-26)15-30(2,3)4)20-10-9-17(33)13-22(20)38-29(32)42/h6-10,13,16,18,23-24,26,39H,11-12,14-15,36H2,1-5H3,(H,37,40)(H,38,42). The molecule has 0 aromatic heterocycles. The average molecular weight is 634 g/mol. The van der Waals surface area contributed by atoms with Gasteiger partial charge < -0.3 is 26.4 Å². The summed E-state index contributed by atoms with van der Waals surface area (Å²) < 4.78 is 21.6. The Balaban J connectivity index is 1.57. The summed E-state index contributed by atoms with van der Waals surface area (Å²) in [6.07, 6.45) is 2.04. The molecule has 1 spiro atoms. The number of anilines is 1. The van der Waals surface area contributed by atoms with E-state index in [1.165, 1.54) is 6.07 Å². The van der Waals surface area contributed by atoms with Gasteiger partial charge in [0.05, 0.1) is 11.1 Å². The third-order valence-electron chi connectivity index (χ3n) is 8.99. The highest BCUT2D eigenvalue weighted by molar-refractivity contribution is 6.31. The molecule has 43 heavy (non-hydrogen) atoms. The fraction of sp³-hybridized carbons (Fsp3) is 0.531. The number of fused-ring (bicyclic) bond motifs is 2. The first-order chi connectivity index (χ1) is 20.1. The second kappa shape index (κ2) is 11.3. The summed E-state index contributed by atoms with van der Waals surface area (Å²) in [5.41, 5.74) is 4.71. The summed E-state index contributed by atoms with van der Waals surface area (Å²) in [4.78, 5) is 40.7. The van der Waals surface area contributed by atoms with Gasteiger partial charge in [0.2, 0.25) is 11.8 Å². The number of carbonyl (C=O) groups excluding carboxylic acids is 3. The van der Waals surface area contributed by atoms with E-state index >= 15 is 4.39 Å². The Hall–Kier alpha value is -2.72. The number of hydrogen-bond acceptors (Lipinski definition) is 6. The van der Waals surface area contributed by atoms with Crippen LogP contribution in [0.5, 0.6) is 0 Å². The van der Waals surface area contributed by atoms with E-state index in [1.54, 1.807) is 37.3 Å². The highest BCUT2D eigenvalue weighted by Gasteiger charge is 2.66. The first-order valence-corrected chi connectivity index (χ1v) is 15.4. The van der Waals surface area contributed by atoms with Gasteiger partial charge in [0.1, 0.15) is 22.9 Å². The zero-order valence-electron chi connectivity index (χ0n) is 25.0. The zero-order chi connectivity index (χ0) is 31.5. The van der Waals surface area contributed by atoms with Crippen molar-refractivity contribution in [2.24, 2.45) is 11.1 Å². The van der Waals surface area contributed by atoms with E-state index in [2.05, 4.69) is 36.7 Å². The monoisotopic (exact) mass is 632 g/mol. The van der Waals surface area contributed by atoms with Crippen LogP contribution in [0.2, 0.25) is 10.0 Å². The molecular weight excluding hydrogens is 594 g/mol. The highest BCUT2D eigenvalue weighted by atomic mass is 35.5. The van der Waals surface area contributed by atoms with Crippen molar-refractivity contribution >= 4 is 46.7 Å². The normalized spacial score (nSPS) is 30.7. The molecule has 1 saturated heterocycles. The SMILES string of the molecule is CC(N)C(=O)OC1(C)CCC(NC(=O)C2NC(CC(C)(C)C)C3(C(=O)Nc4cc(Cl)ccc43)C2c2cccc(Cl)c2F)C1. The third-order valence-corrected chi connectivity index (χ3v) is 9.51. The maximum Gasteiger partial charge on any atom is 0.323 e. The van der Waals surface area contributed by atoms with Gasteiger partial charge >= 0.3 is 5.97 Å². The van der Waals surface area contributed by atoms with Crippen LogP contribution in [0.15, 0.2) is 36.4 Å². The average Bonchev–Trinajstić information content (AvgIpc) is 3.52. The number of halogens is 3. The lowest BCUT2D eigenvalue weighted by Gasteiger charge is -2.37. The maximum absolute atomic E-state index is 15.9. The van der Waals surface area contributed by atoms with Crippen LogP contribution in [0.3, 0.4) is 0 Å². The van der Waals surface area contributed by atoms with Crippen molar-refractivity contribution in [3.05, 3.63) is 63.4 Å². The Labute approximate surface area is 261 Å². The van der Waals surface area contributed by atoms with E-state index in [1.807, 2.05) is 6.92 Å². The van der Waals surface area contributed by atoms with Crippen LogP contribution < -0.4 is 21.7 Å². The van der Waals surface area contributed by atoms with Gasteiger partial charge in [-0.25, -0.2) is 4.39 Å². The van der Waals surface area contributed by atoms with E-state index in [-0.39, 0.29) is 33.9 Å². The number of nitrogens with two attached hydrogens (primary N) is 1. The van der Waals surface area contributed by atoms with Gasteiger partial charge in [-0.2, -0.15) is 0 Å². The van der Waals surface area contributed by atoms with Crippen molar-refractivity contribution in [3.8, 4) is 0 Å². The van der Waals surface area contributed by atoms with Crippen molar-refractivity contribution in [3.63, 3.8) is 0 Å². The second-order valence-electron chi connectivity index (χ2n) is 13.7. The lowest BCUT2D eigenvalue weighted by Crippen LogP contribution is -2.49. The van der Waals surface area contributed by atoms with Gasteiger partial charge in [-0.1, -0.05) is 62.2 Å². The summed E-state index contributed by atoms with van der Waals surface area (Å²) in [7, 11) is 0. The van der Waals surface area contributed by atoms with E-state index < -0.39 is 46.8 Å². The Kier molecular flexibility index (Phi) is 8.35. The minimum absolute atomic E-state index is 0.0941. The van der Waals surface area contributed by atoms with Crippen LogP contribution in [0, 0.1) is 11.2 Å². The van der Waals surface area contributed by atoms with Crippen LogP contribution in [-0.4, -0.2) is 47.6 Å². The van der Waals surface area contributed by atoms with Gasteiger partial charge in [-0.05, 0) is 67.9 Å². The molecule has 5 N–H and O–H groups in total. The van der Waals surface area contributed by atoms with Crippen LogP contribution in [0.25, 0.3) is 0 Å². The summed E-state index contributed by atoms with van der Waals surface area (Å²) in [5.74, 6) is -2.81. The Bertz CT molecular complexity index is 1460. The smallest absolute Gasteiger partial charge is 0.323 e. The number of benzene rings is 2. The van der Waals surface area contributed by atoms with E-state index in [9.17, 15) is 14.4 Å². The quantitative estimate of drug-likeness (QED) is 0.325. The summed E-state index contributed by atoms with van der Waals surface area (Å²) in [5, 5.41) is 9.94. The summed E-state index contributed by atoms with van der Waals surface area (Å²) in [6, 6.07) is 7.28. The Morgan fingerprint density at radius 3 is 2.63 bits per heavy atom. The molecule has 2 aromatic carbocycles. The molecule has 1 aliphatic carbocycles. The van der Waals surface area contributed by atoms with Crippen molar-refractivity contribution in [2.75, 3.05) is 5.32 Å². The van der Waals surface area contributed by atoms with Crippen LogP contribution in [0.1, 0.15) is 77.3 Å². The number of nitrogens with one attached hydrogen (secondary N) is 3. The van der Waals surface area contributed by atoms with Gasteiger partial charge in [0.25, 0.3) is 0 Å². The van der Waals surface area contributed by atoms with Gasteiger partial charge in [-0.15, -0.1) is 0 Å². The number of carbonyl (C=O) groups is 3. The molecule has 2 fully saturated rings. The zero-order valence-corrected chi connectivity index (χ0v) is 26.5. The second-order valence-corrected chi connectivity index (χ2v) is 14.5. The van der Waals surface area contributed by atoms with Crippen molar-refractivity contribution in [1.82, 2.24) is 10.6 Å². The molecule has 5 rings (SSSR count). The van der Waals surface area contributed by atoms with E-state index in [0.717, 1.165) is 0 Å². The van der Waals surface area contributed by atoms with Gasteiger partial charge in [-0.3, -0.25) is 14.4 Å². The lowest BCUT2D eigenvalue weighted by molar-refractivity contribution is -0.158. The number of esters is 1. The molecule has 11 heteroatoms. The molecule has 0 bridgehead atoms. The molecule has 8 nitrogen and oxygen atoms in total. The number of hydrogen-bond donors (Lipinski definition) is 4. The van der Waals surface area contributed by atoms with Crippen molar-refractivity contribution in [1.29, 1.82) is 0 Å². The number of amides is 2. The van der Waals surface area contributed by atoms with E-state index in [0.29, 0.717) is 42.0 Å². The van der Waals surface area contributed by atoms with Crippen LogP contribution >= 0.6 is 23.2 Å². The predicted octanol–water partition coefficient (Wildman–Crippen LogP) is 5.20. The molecular formula is C32H39Cl2FN4O4. The predicted molar refractivity (Wildman–Crippen MR) is 165 cm³/mol. The molecule has 1 saturated carbocycles. The minimum Gasteiger partial charge on any atom is -0.458 e. The van der Waals surface area contributed by atoms with Gasteiger partial charge in [0, 0.05) is 35.1 Å². The molecule has 2 aromatic rings. The molecule has 2 amide bonds. The third kappa shape index (κ3) is 5.77. The van der Waals surface area contributed by atoms with Crippen LogP contribution in [-0.2, 0) is 24.5 Å². The summed E-state index contributed by atoms with van der Waals surface area (Å²) in [6.45, 7) is 9.57. The molecule has 0 radical (unpaired) electrons. The number of rotatable bonds is 6. The number of ether oxygens (including phenoxy) is 1. The first-order valence-electron chi connectivity index (χ1n) is 14.7. The maximum atomic E-state index is 15.9. The minimum atomic E-state index is -1.34. The fourth-order valence-corrected chi connectivity index (χ4v) is 7.55. The van der Waals surface area contributed by atoms with E-state index in [4.69, 9.17) is 33.7 Å². The molecule has 3 aliphatic rings. The topological polar surface area (TPSA) is 123 Å². The Morgan fingerprint density at radius 2 is 1.95 bits per heavy atom. The molecule has 232 valence electrons. The molecule has 2 heterocycles. The fourth-order valence-electron chi connectivity index (χ4n) is 7.20. The lowest BCUT2D eigenvalue weighted by atomic mass is 9.62. The molecule has 7 atom stereocenters. The highest BCUT2D eigenvalue weighted by Crippen LogP contribution is 2.57.